The fraction of sp³-hybridized carbons (Fsp3) is 0.467. The van der Waals surface area contributed by atoms with Gasteiger partial charge in [0.05, 0.1) is 12.2 Å². The molecule has 0 aromatic heterocycles. The van der Waals surface area contributed by atoms with E-state index in [9.17, 15) is 24.9 Å². The summed E-state index contributed by atoms with van der Waals surface area (Å²) in [7, 11) is 0. The van der Waals surface area contributed by atoms with Gasteiger partial charge in [-0.3, -0.25) is 4.79 Å². The van der Waals surface area contributed by atoms with E-state index in [0.717, 1.165) is 0 Å². The van der Waals surface area contributed by atoms with Gasteiger partial charge in [0.25, 0.3) is 0 Å². The highest BCUT2D eigenvalue weighted by Crippen LogP contribution is 2.24. The van der Waals surface area contributed by atoms with E-state index in [-0.39, 0.29) is 11.3 Å². The van der Waals surface area contributed by atoms with E-state index in [4.69, 9.17) is 14.6 Å². The van der Waals surface area contributed by atoms with Crippen LogP contribution in [0.1, 0.15) is 17.3 Å². The maximum atomic E-state index is 11.3. The molecule has 24 heavy (non-hydrogen) atoms. The molecule has 1 aliphatic rings. The van der Waals surface area contributed by atoms with E-state index in [0.29, 0.717) is 0 Å². The fourth-order valence-corrected chi connectivity index (χ4v) is 2.38. The van der Waals surface area contributed by atoms with Crippen molar-refractivity contribution in [2.24, 2.45) is 0 Å². The molecule has 0 spiro atoms. The Kier molecular flexibility index (Phi) is 5.73. The SMILES string of the molecule is CC(=O)N[C@@H]1[C@H](Oc2ccc(C(=O)O)cc2)O[C@H](CO)[C@H](O)[C@H]1O. The van der Waals surface area contributed by atoms with Gasteiger partial charge in [-0.15, -0.1) is 0 Å². The zero-order valence-electron chi connectivity index (χ0n) is 12.8. The van der Waals surface area contributed by atoms with E-state index in [2.05, 4.69) is 5.32 Å². The summed E-state index contributed by atoms with van der Waals surface area (Å²) >= 11 is 0. The number of rotatable bonds is 5. The molecule has 5 N–H and O–H groups in total. The maximum Gasteiger partial charge on any atom is 0.335 e. The Morgan fingerprint density at radius 3 is 2.33 bits per heavy atom. The lowest BCUT2D eigenvalue weighted by atomic mass is 9.97. The van der Waals surface area contributed by atoms with Gasteiger partial charge in [0.15, 0.2) is 0 Å². The molecule has 1 aromatic rings. The summed E-state index contributed by atoms with van der Waals surface area (Å²) in [5, 5.41) is 40.6. The number of aliphatic hydroxyl groups is 3. The summed E-state index contributed by atoms with van der Waals surface area (Å²) in [6.45, 7) is 0.679. The summed E-state index contributed by atoms with van der Waals surface area (Å²) < 4.78 is 10.9. The third kappa shape index (κ3) is 4.01. The monoisotopic (exact) mass is 341 g/mol. The molecule has 1 amide bonds. The van der Waals surface area contributed by atoms with Crippen molar-refractivity contribution in [3.8, 4) is 5.75 Å². The molecule has 0 aliphatic carbocycles. The molecular weight excluding hydrogens is 322 g/mol. The van der Waals surface area contributed by atoms with Crippen LogP contribution in [0.2, 0.25) is 0 Å². The van der Waals surface area contributed by atoms with Gasteiger partial charge in [-0.25, -0.2) is 4.79 Å². The molecule has 2 rings (SSSR count). The molecule has 5 atom stereocenters. The summed E-state index contributed by atoms with van der Waals surface area (Å²) in [6, 6.07) is 4.36. The van der Waals surface area contributed by atoms with Crippen LogP contribution in [0.5, 0.6) is 5.75 Å². The largest absolute Gasteiger partial charge is 0.478 e. The summed E-state index contributed by atoms with van der Waals surface area (Å²) in [5.74, 6) is -1.32. The number of nitrogens with one attached hydrogen (secondary N) is 1. The number of carboxylic acid groups (broad SMARTS) is 1. The fourth-order valence-electron chi connectivity index (χ4n) is 2.38. The Hall–Kier alpha value is -2.20. The molecular formula is C15H19NO8. The van der Waals surface area contributed by atoms with Crippen molar-refractivity contribution < 1.29 is 39.5 Å². The lowest BCUT2D eigenvalue weighted by Crippen LogP contribution is -2.65. The van der Waals surface area contributed by atoms with Crippen LogP contribution < -0.4 is 10.1 Å². The highest BCUT2D eigenvalue weighted by molar-refractivity contribution is 5.87. The maximum absolute atomic E-state index is 11.3. The molecule has 1 saturated heterocycles. The van der Waals surface area contributed by atoms with Crippen LogP contribution in [0.25, 0.3) is 0 Å². The molecule has 1 aromatic carbocycles. The van der Waals surface area contributed by atoms with Crippen molar-refractivity contribution in [2.75, 3.05) is 6.61 Å². The van der Waals surface area contributed by atoms with Crippen LogP contribution in [0.3, 0.4) is 0 Å². The number of carboxylic acids is 1. The van der Waals surface area contributed by atoms with E-state index >= 15 is 0 Å². The van der Waals surface area contributed by atoms with Crippen molar-refractivity contribution >= 4 is 11.9 Å². The number of hydrogen-bond acceptors (Lipinski definition) is 7. The van der Waals surface area contributed by atoms with E-state index < -0.39 is 49.1 Å². The Labute approximate surface area is 137 Å². The number of amides is 1. The Bertz CT molecular complexity index is 590. The Morgan fingerprint density at radius 1 is 1.21 bits per heavy atom. The van der Waals surface area contributed by atoms with Crippen LogP contribution in [-0.2, 0) is 9.53 Å². The molecule has 0 bridgehead atoms. The minimum atomic E-state index is -1.41. The van der Waals surface area contributed by atoms with Crippen LogP contribution in [0.4, 0.5) is 0 Å². The number of aromatic carboxylic acids is 1. The lowest BCUT2D eigenvalue weighted by molar-refractivity contribution is -0.244. The van der Waals surface area contributed by atoms with Crippen LogP contribution in [0.15, 0.2) is 24.3 Å². The highest BCUT2D eigenvalue weighted by Gasteiger charge is 2.46. The predicted molar refractivity (Wildman–Crippen MR) is 79.4 cm³/mol. The number of hydrogen-bond donors (Lipinski definition) is 5. The Morgan fingerprint density at radius 2 is 1.83 bits per heavy atom. The quantitative estimate of drug-likeness (QED) is 0.445. The number of carbonyl (C=O) groups excluding carboxylic acids is 1. The van der Waals surface area contributed by atoms with Gasteiger partial charge in [-0.1, -0.05) is 0 Å². The normalized spacial score (nSPS) is 29.8. The number of benzene rings is 1. The highest BCUT2D eigenvalue weighted by atomic mass is 16.7. The van der Waals surface area contributed by atoms with Gasteiger partial charge in [-0.2, -0.15) is 0 Å². The second kappa shape index (κ2) is 7.58. The van der Waals surface area contributed by atoms with Gasteiger partial charge in [-0.05, 0) is 24.3 Å². The topological polar surface area (TPSA) is 146 Å². The minimum Gasteiger partial charge on any atom is -0.478 e. The van der Waals surface area contributed by atoms with E-state index in [1.807, 2.05) is 0 Å². The predicted octanol–water partition coefficient (Wildman–Crippen LogP) is -1.29. The zero-order valence-corrected chi connectivity index (χ0v) is 12.8. The van der Waals surface area contributed by atoms with Crippen LogP contribution >= 0.6 is 0 Å². The van der Waals surface area contributed by atoms with Gasteiger partial charge in [0, 0.05) is 6.92 Å². The molecule has 9 nitrogen and oxygen atoms in total. The Balaban J connectivity index is 2.19. The molecule has 0 radical (unpaired) electrons. The molecule has 0 saturated carbocycles. The van der Waals surface area contributed by atoms with Gasteiger partial charge in [0.1, 0.15) is 30.1 Å². The van der Waals surface area contributed by atoms with Crippen molar-refractivity contribution in [1.82, 2.24) is 5.32 Å². The van der Waals surface area contributed by atoms with Crippen LogP contribution in [-0.4, -0.2) is 69.6 Å². The lowest BCUT2D eigenvalue weighted by Gasteiger charge is -2.42. The van der Waals surface area contributed by atoms with Crippen molar-refractivity contribution in [2.45, 2.75) is 37.6 Å². The summed E-state index contributed by atoms with van der Waals surface area (Å²) in [6.07, 6.45) is -5.09. The first kappa shape index (κ1) is 18.1. The zero-order chi connectivity index (χ0) is 17.9. The second-order valence-corrected chi connectivity index (χ2v) is 5.38. The van der Waals surface area contributed by atoms with Gasteiger partial charge >= 0.3 is 5.97 Å². The summed E-state index contributed by atoms with van der Waals surface area (Å²) in [5.41, 5.74) is 0.0639. The van der Waals surface area contributed by atoms with Crippen molar-refractivity contribution in [3.05, 3.63) is 29.8 Å². The second-order valence-electron chi connectivity index (χ2n) is 5.38. The van der Waals surface area contributed by atoms with Crippen molar-refractivity contribution in [1.29, 1.82) is 0 Å². The molecule has 1 fully saturated rings. The molecule has 9 heteroatoms. The standard InChI is InChI=1S/C15H19NO8/c1-7(18)16-11-13(20)12(19)10(6-17)24-15(11)23-9-4-2-8(3-5-9)14(21)22/h2-5,10-13,15,17,19-20H,6H2,1H3,(H,16,18)(H,21,22)/t10-,11+,12+,13+,15-/m1/s1. The average molecular weight is 341 g/mol. The molecule has 132 valence electrons. The van der Waals surface area contributed by atoms with Crippen molar-refractivity contribution in [3.63, 3.8) is 0 Å². The first-order valence-corrected chi connectivity index (χ1v) is 7.23. The minimum absolute atomic E-state index is 0.0639. The van der Waals surface area contributed by atoms with E-state index in [1.54, 1.807) is 0 Å². The first-order valence-electron chi connectivity index (χ1n) is 7.23. The average Bonchev–Trinajstić information content (AvgIpc) is 2.54. The number of aliphatic hydroxyl groups excluding tert-OH is 3. The van der Waals surface area contributed by atoms with Crippen LogP contribution in [0, 0.1) is 0 Å². The number of ether oxygens (including phenoxy) is 2. The first-order chi connectivity index (χ1) is 11.3. The molecule has 0 unspecified atom stereocenters. The smallest absolute Gasteiger partial charge is 0.335 e. The summed E-state index contributed by atoms with van der Waals surface area (Å²) in [4.78, 5) is 22.1. The molecule has 1 aliphatic heterocycles. The third-order valence-corrected chi connectivity index (χ3v) is 3.60. The number of carbonyl (C=O) groups is 2. The van der Waals surface area contributed by atoms with Gasteiger partial charge < -0.3 is 35.2 Å². The van der Waals surface area contributed by atoms with E-state index in [1.165, 1.54) is 31.2 Å². The van der Waals surface area contributed by atoms with Gasteiger partial charge in [0.2, 0.25) is 12.2 Å². The third-order valence-electron chi connectivity index (χ3n) is 3.60. The molecule has 1 heterocycles.